The van der Waals surface area contributed by atoms with E-state index in [2.05, 4.69) is 0 Å². The second-order valence-electron chi connectivity index (χ2n) is 3.67. The molecule has 72 valence electrons. The van der Waals surface area contributed by atoms with Gasteiger partial charge >= 0.3 is 0 Å². The number of carbonyl (C=O) groups excluding carboxylic acids is 2. The Kier molecular flexibility index (Phi) is 2.20. The molecular formula is C12H12O2. The molecular weight excluding hydrogens is 176 g/mol. The van der Waals surface area contributed by atoms with E-state index in [1.54, 1.807) is 6.07 Å². The van der Waals surface area contributed by atoms with Gasteiger partial charge < -0.3 is 0 Å². The fourth-order valence-electron chi connectivity index (χ4n) is 2.00. The van der Waals surface area contributed by atoms with Crippen LogP contribution in [0.15, 0.2) is 18.2 Å². The number of Topliss-reactive ketones (excluding diaryl/α,β-unsaturated/α-hetero) is 2. The van der Waals surface area contributed by atoms with Gasteiger partial charge in [0.25, 0.3) is 0 Å². The minimum Gasteiger partial charge on any atom is -0.294 e. The Morgan fingerprint density at radius 3 is 2.79 bits per heavy atom. The molecule has 0 saturated heterocycles. The normalized spacial score (nSPS) is 15.1. The van der Waals surface area contributed by atoms with Crippen molar-refractivity contribution in [2.24, 2.45) is 0 Å². The quantitative estimate of drug-likeness (QED) is 0.634. The van der Waals surface area contributed by atoms with E-state index in [0.717, 1.165) is 18.4 Å². The number of hydrogen-bond donors (Lipinski definition) is 0. The summed E-state index contributed by atoms with van der Waals surface area (Å²) >= 11 is 0. The first-order valence-corrected chi connectivity index (χ1v) is 4.86. The molecule has 2 nitrogen and oxygen atoms in total. The Hall–Kier alpha value is -1.44. The van der Waals surface area contributed by atoms with Crippen LogP contribution in [0, 0.1) is 0 Å². The maximum Gasteiger partial charge on any atom is 0.163 e. The van der Waals surface area contributed by atoms with E-state index in [9.17, 15) is 9.59 Å². The van der Waals surface area contributed by atoms with Crippen molar-refractivity contribution in [2.75, 3.05) is 0 Å². The van der Waals surface area contributed by atoms with Gasteiger partial charge in [0.2, 0.25) is 0 Å². The molecule has 0 heterocycles. The third-order valence-corrected chi connectivity index (χ3v) is 2.66. The first-order chi connectivity index (χ1) is 6.70. The molecule has 1 aromatic rings. The summed E-state index contributed by atoms with van der Waals surface area (Å²) in [4.78, 5) is 23.0. The van der Waals surface area contributed by atoms with Crippen molar-refractivity contribution in [2.45, 2.75) is 26.2 Å². The average Bonchev–Trinajstić information content (AvgIpc) is 2.17. The van der Waals surface area contributed by atoms with Gasteiger partial charge in [0.05, 0.1) is 0 Å². The van der Waals surface area contributed by atoms with Crippen LogP contribution in [-0.2, 0) is 6.42 Å². The van der Waals surface area contributed by atoms with Crippen molar-refractivity contribution in [3.05, 3.63) is 34.9 Å². The number of fused-ring (bicyclic) bond motifs is 1. The fourth-order valence-corrected chi connectivity index (χ4v) is 2.00. The van der Waals surface area contributed by atoms with Crippen molar-refractivity contribution in [1.29, 1.82) is 0 Å². The van der Waals surface area contributed by atoms with Gasteiger partial charge in [-0.1, -0.05) is 18.2 Å². The first-order valence-electron chi connectivity index (χ1n) is 4.86. The van der Waals surface area contributed by atoms with Gasteiger partial charge in [-0.3, -0.25) is 9.59 Å². The maximum absolute atomic E-state index is 11.7. The Morgan fingerprint density at radius 1 is 1.29 bits per heavy atom. The summed E-state index contributed by atoms with van der Waals surface area (Å²) < 4.78 is 0. The molecule has 1 aromatic carbocycles. The molecule has 1 aliphatic carbocycles. The second kappa shape index (κ2) is 3.37. The number of ketones is 2. The highest BCUT2D eigenvalue weighted by Gasteiger charge is 2.21. The van der Waals surface area contributed by atoms with E-state index in [1.807, 2.05) is 12.1 Å². The van der Waals surface area contributed by atoms with Crippen LogP contribution in [0.4, 0.5) is 0 Å². The lowest BCUT2D eigenvalue weighted by Crippen LogP contribution is -2.15. The van der Waals surface area contributed by atoms with Gasteiger partial charge in [0, 0.05) is 17.5 Å². The molecule has 0 spiro atoms. The number of benzene rings is 1. The van der Waals surface area contributed by atoms with Crippen LogP contribution >= 0.6 is 0 Å². The highest BCUT2D eigenvalue weighted by molar-refractivity contribution is 6.09. The first kappa shape index (κ1) is 9.13. The zero-order valence-electron chi connectivity index (χ0n) is 8.17. The van der Waals surface area contributed by atoms with Gasteiger partial charge in [0.1, 0.15) is 0 Å². The summed E-state index contributed by atoms with van der Waals surface area (Å²) in [5, 5.41) is 0. The lowest BCUT2D eigenvalue weighted by molar-refractivity contribution is 0.0953. The Morgan fingerprint density at radius 2 is 2.07 bits per heavy atom. The van der Waals surface area contributed by atoms with Crippen LogP contribution in [0.2, 0.25) is 0 Å². The Labute approximate surface area is 82.9 Å². The molecule has 0 amide bonds. The van der Waals surface area contributed by atoms with E-state index >= 15 is 0 Å². The highest BCUT2D eigenvalue weighted by Crippen LogP contribution is 2.24. The molecule has 0 atom stereocenters. The number of hydrogen-bond acceptors (Lipinski definition) is 2. The number of aryl methyl sites for hydroxylation is 1. The molecule has 2 heteroatoms. The Balaban J connectivity index is 2.63. The van der Waals surface area contributed by atoms with Crippen LogP contribution in [0.3, 0.4) is 0 Å². The van der Waals surface area contributed by atoms with Crippen LogP contribution in [-0.4, -0.2) is 11.6 Å². The van der Waals surface area contributed by atoms with Gasteiger partial charge in [-0.2, -0.15) is 0 Å². The van der Waals surface area contributed by atoms with Crippen LogP contribution in [0.5, 0.6) is 0 Å². The minimum absolute atomic E-state index is 0.0166. The van der Waals surface area contributed by atoms with E-state index in [4.69, 9.17) is 0 Å². The molecule has 0 unspecified atom stereocenters. The van der Waals surface area contributed by atoms with Crippen molar-refractivity contribution >= 4 is 11.6 Å². The minimum atomic E-state index is -0.0166. The van der Waals surface area contributed by atoms with E-state index in [0.29, 0.717) is 17.5 Å². The summed E-state index contributed by atoms with van der Waals surface area (Å²) in [6, 6.07) is 5.54. The zero-order valence-corrected chi connectivity index (χ0v) is 8.17. The highest BCUT2D eigenvalue weighted by atomic mass is 16.1. The van der Waals surface area contributed by atoms with Gasteiger partial charge in [-0.15, -0.1) is 0 Å². The summed E-state index contributed by atoms with van der Waals surface area (Å²) in [5.41, 5.74) is 2.30. The largest absolute Gasteiger partial charge is 0.294 e. The van der Waals surface area contributed by atoms with Crippen molar-refractivity contribution in [3.63, 3.8) is 0 Å². The SMILES string of the molecule is CC(=O)c1cccc2c1C(=O)CCC2. The standard InChI is InChI=1S/C12H12O2/c1-8(13)10-6-2-4-9-5-3-7-11(14)12(9)10/h2,4,6H,3,5,7H2,1H3. The molecule has 14 heavy (non-hydrogen) atoms. The molecule has 0 bridgehead atoms. The summed E-state index contributed by atoms with van der Waals surface area (Å²) in [6.07, 6.45) is 2.41. The van der Waals surface area contributed by atoms with Gasteiger partial charge in [0.15, 0.2) is 11.6 Å². The molecule has 0 fully saturated rings. The number of rotatable bonds is 1. The topological polar surface area (TPSA) is 34.1 Å². The predicted molar refractivity (Wildman–Crippen MR) is 53.7 cm³/mol. The van der Waals surface area contributed by atoms with Crippen LogP contribution < -0.4 is 0 Å². The third kappa shape index (κ3) is 1.37. The van der Waals surface area contributed by atoms with Crippen molar-refractivity contribution in [1.82, 2.24) is 0 Å². The van der Waals surface area contributed by atoms with Crippen LogP contribution in [0.1, 0.15) is 46.0 Å². The second-order valence-corrected chi connectivity index (χ2v) is 3.67. The van der Waals surface area contributed by atoms with E-state index < -0.39 is 0 Å². The monoisotopic (exact) mass is 188 g/mol. The smallest absolute Gasteiger partial charge is 0.163 e. The molecule has 0 saturated carbocycles. The fraction of sp³-hybridized carbons (Fsp3) is 0.333. The molecule has 0 N–H and O–H groups in total. The molecule has 0 aliphatic heterocycles. The molecule has 0 aromatic heterocycles. The van der Waals surface area contributed by atoms with Crippen molar-refractivity contribution < 1.29 is 9.59 Å². The summed E-state index contributed by atoms with van der Waals surface area (Å²) in [6.45, 7) is 1.51. The van der Waals surface area contributed by atoms with E-state index in [-0.39, 0.29) is 11.6 Å². The third-order valence-electron chi connectivity index (χ3n) is 2.66. The van der Waals surface area contributed by atoms with Gasteiger partial charge in [-0.25, -0.2) is 0 Å². The molecule has 1 aliphatic rings. The predicted octanol–water partition coefficient (Wildman–Crippen LogP) is 2.41. The summed E-state index contributed by atoms with van der Waals surface area (Å²) in [5.74, 6) is 0.106. The molecule has 0 radical (unpaired) electrons. The lowest BCUT2D eigenvalue weighted by atomic mass is 9.86. The average molecular weight is 188 g/mol. The van der Waals surface area contributed by atoms with Crippen molar-refractivity contribution in [3.8, 4) is 0 Å². The number of carbonyl (C=O) groups is 2. The van der Waals surface area contributed by atoms with Crippen LogP contribution in [0.25, 0.3) is 0 Å². The van der Waals surface area contributed by atoms with Gasteiger partial charge in [-0.05, 0) is 25.3 Å². The zero-order chi connectivity index (χ0) is 10.1. The Bertz CT molecular complexity index is 405. The molecule has 2 rings (SSSR count). The maximum atomic E-state index is 11.7. The summed E-state index contributed by atoms with van der Waals surface area (Å²) in [7, 11) is 0. The van der Waals surface area contributed by atoms with E-state index in [1.165, 1.54) is 6.92 Å². The lowest BCUT2D eigenvalue weighted by Gasteiger charge is -2.16.